The number of likely N-dealkylation sites (N-methyl/N-ethyl adjacent to an activating group) is 1. The Morgan fingerprint density at radius 3 is 2.54 bits per heavy atom. The number of ether oxygens (including phenoxy) is 1. The number of para-hydroxylation sites is 1. The number of benzene rings is 1. The van der Waals surface area contributed by atoms with Crippen LogP contribution < -0.4 is 5.01 Å². The first kappa shape index (κ1) is 20.0. The molecule has 1 heterocycles. The lowest BCUT2D eigenvalue weighted by Crippen LogP contribution is -2.44. The highest BCUT2D eigenvalue weighted by Crippen LogP contribution is 2.23. The molecule has 0 aromatic heterocycles. The van der Waals surface area contributed by atoms with E-state index in [4.69, 9.17) is 4.74 Å². The van der Waals surface area contributed by atoms with Gasteiger partial charge >= 0.3 is 5.97 Å². The van der Waals surface area contributed by atoms with Gasteiger partial charge in [-0.2, -0.15) is 5.10 Å². The number of carbonyl (C=O) groups excluding carboxylic acids is 3. The Bertz CT molecular complexity index is 741. The van der Waals surface area contributed by atoms with Crippen molar-refractivity contribution in [2.45, 2.75) is 57.9 Å². The van der Waals surface area contributed by atoms with Crippen LogP contribution in [0.2, 0.25) is 0 Å². The fourth-order valence-corrected chi connectivity index (χ4v) is 3.80. The topological polar surface area (TPSA) is 79.3 Å². The van der Waals surface area contributed by atoms with Crippen LogP contribution in [0.4, 0.5) is 5.69 Å². The second-order valence-electron chi connectivity index (χ2n) is 7.14. The van der Waals surface area contributed by atoms with Gasteiger partial charge in [-0.1, -0.05) is 37.5 Å². The zero-order valence-electron chi connectivity index (χ0n) is 16.3. The van der Waals surface area contributed by atoms with Gasteiger partial charge in [0.05, 0.1) is 5.69 Å². The molecule has 28 heavy (non-hydrogen) atoms. The SMILES string of the molecule is CCN(C(=O)COC(=O)C1=NN(c2ccccc2)C(=O)CC1)C1CCCCC1. The summed E-state index contributed by atoms with van der Waals surface area (Å²) in [5, 5.41) is 5.39. The Kier molecular flexibility index (Phi) is 6.79. The normalized spacial score (nSPS) is 17.8. The predicted octanol–water partition coefficient (Wildman–Crippen LogP) is 2.89. The third kappa shape index (κ3) is 4.77. The van der Waals surface area contributed by atoms with Crippen LogP contribution in [0.3, 0.4) is 0 Å². The smallest absolute Gasteiger partial charge is 0.355 e. The van der Waals surface area contributed by atoms with E-state index in [0.717, 1.165) is 25.7 Å². The maximum Gasteiger partial charge on any atom is 0.355 e. The molecule has 0 saturated heterocycles. The first-order valence-corrected chi connectivity index (χ1v) is 10.0. The zero-order valence-corrected chi connectivity index (χ0v) is 16.3. The molecule has 150 valence electrons. The van der Waals surface area contributed by atoms with Crippen molar-refractivity contribution in [1.82, 2.24) is 4.90 Å². The van der Waals surface area contributed by atoms with Crippen molar-refractivity contribution in [3.05, 3.63) is 30.3 Å². The molecular weight excluding hydrogens is 358 g/mol. The van der Waals surface area contributed by atoms with Crippen LogP contribution in [-0.4, -0.2) is 47.6 Å². The molecule has 1 aliphatic heterocycles. The Morgan fingerprint density at radius 1 is 1.14 bits per heavy atom. The standard InChI is InChI=1S/C21H27N3O4/c1-2-23(16-9-5-3-6-10-16)20(26)15-28-21(27)18-13-14-19(25)24(22-18)17-11-7-4-8-12-17/h4,7-8,11-12,16H,2-3,5-6,9-10,13-15H2,1H3. The summed E-state index contributed by atoms with van der Waals surface area (Å²) >= 11 is 0. The van der Waals surface area contributed by atoms with Crippen LogP contribution in [-0.2, 0) is 19.1 Å². The maximum atomic E-state index is 12.5. The number of hydrogen-bond donors (Lipinski definition) is 0. The summed E-state index contributed by atoms with van der Waals surface area (Å²) in [5.41, 5.74) is 0.764. The number of rotatable bonds is 6. The van der Waals surface area contributed by atoms with E-state index in [1.807, 2.05) is 17.9 Å². The lowest BCUT2D eigenvalue weighted by Gasteiger charge is -2.33. The number of hydrogen-bond acceptors (Lipinski definition) is 5. The van der Waals surface area contributed by atoms with E-state index in [1.54, 1.807) is 24.3 Å². The van der Waals surface area contributed by atoms with Crippen LogP contribution in [0.25, 0.3) is 0 Å². The number of carbonyl (C=O) groups is 3. The molecule has 0 radical (unpaired) electrons. The lowest BCUT2D eigenvalue weighted by atomic mass is 9.94. The Morgan fingerprint density at radius 2 is 1.86 bits per heavy atom. The minimum Gasteiger partial charge on any atom is -0.451 e. The quantitative estimate of drug-likeness (QED) is 0.706. The predicted molar refractivity (Wildman–Crippen MR) is 106 cm³/mol. The Hall–Kier alpha value is -2.70. The van der Waals surface area contributed by atoms with Crippen LogP contribution in [0, 0.1) is 0 Å². The highest BCUT2D eigenvalue weighted by atomic mass is 16.5. The van der Waals surface area contributed by atoms with Crippen molar-refractivity contribution in [2.24, 2.45) is 5.10 Å². The van der Waals surface area contributed by atoms with Gasteiger partial charge < -0.3 is 9.64 Å². The lowest BCUT2D eigenvalue weighted by molar-refractivity contribution is -0.148. The van der Waals surface area contributed by atoms with Crippen molar-refractivity contribution in [3.8, 4) is 0 Å². The van der Waals surface area contributed by atoms with E-state index in [9.17, 15) is 14.4 Å². The average molecular weight is 385 g/mol. The molecule has 1 aromatic rings. The minimum absolute atomic E-state index is 0.164. The maximum absolute atomic E-state index is 12.5. The molecule has 7 nitrogen and oxygen atoms in total. The summed E-state index contributed by atoms with van der Waals surface area (Å²) in [6, 6.07) is 9.18. The number of anilines is 1. The van der Waals surface area contributed by atoms with Crippen molar-refractivity contribution in [1.29, 1.82) is 0 Å². The molecule has 3 rings (SSSR count). The summed E-state index contributed by atoms with van der Waals surface area (Å²) in [4.78, 5) is 38.9. The van der Waals surface area contributed by atoms with E-state index in [-0.39, 0.29) is 43.0 Å². The van der Waals surface area contributed by atoms with Crippen LogP contribution in [0.15, 0.2) is 35.4 Å². The van der Waals surface area contributed by atoms with Crippen LogP contribution >= 0.6 is 0 Å². The van der Waals surface area contributed by atoms with Crippen molar-refractivity contribution >= 4 is 29.2 Å². The summed E-state index contributed by atoms with van der Waals surface area (Å²) in [7, 11) is 0. The van der Waals surface area contributed by atoms with Crippen LogP contribution in [0.5, 0.6) is 0 Å². The van der Waals surface area contributed by atoms with Crippen molar-refractivity contribution in [2.75, 3.05) is 18.2 Å². The number of esters is 1. The van der Waals surface area contributed by atoms with Crippen LogP contribution in [0.1, 0.15) is 51.9 Å². The third-order valence-corrected chi connectivity index (χ3v) is 5.27. The average Bonchev–Trinajstić information content (AvgIpc) is 2.74. The van der Waals surface area contributed by atoms with Gasteiger partial charge in [0.1, 0.15) is 5.71 Å². The first-order valence-electron chi connectivity index (χ1n) is 10.0. The number of hydrazone groups is 1. The second-order valence-corrected chi connectivity index (χ2v) is 7.14. The molecule has 0 spiro atoms. The Labute approximate surface area is 165 Å². The van der Waals surface area contributed by atoms with Gasteiger partial charge in [0.15, 0.2) is 6.61 Å². The molecule has 0 atom stereocenters. The third-order valence-electron chi connectivity index (χ3n) is 5.27. The fraction of sp³-hybridized carbons (Fsp3) is 0.524. The van der Waals surface area contributed by atoms with E-state index < -0.39 is 5.97 Å². The van der Waals surface area contributed by atoms with Gasteiger partial charge in [0.25, 0.3) is 5.91 Å². The van der Waals surface area contributed by atoms with E-state index >= 15 is 0 Å². The van der Waals surface area contributed by atoms with Gasteiger partial charge in [0, 0.05) is 25.4 Å². The second kappa shape index (κ2) is 9.48. The highest BCUT2D eigenvalue weighted by molar-refractivity contribution is 6.38. The van der Waals surface area contributed by atoms with E-state index in [2.05, 4.69) is 5.10 Å². The number of amides is 2. The van der Waals surface area contributed by atoms with Gasteiger partial charge in [-0.3, -0.25) is 9.59 Å². The summed E-state index contributed by atoms with van der Waals surface area (Å²) in [5.74, 6) is -0.982. The summed E-state index contributed by atoms with van der Waals surface area (Å²) in [6.07, 6.45) is 5.90. The van der Waals surface area contributed by atoms with Gasteiger partial charge in [-0.15, -0.1) is 0 Å². The molecule has 0 unspecified atom stereocenters. The number of nitrogens with zero attached hydrogens (tertiary/aromatic N) is 3. The molecule has 1 aromatic carbocycles. The molecule has 2 amide bonds. The molecule has 0 N–H and O–H groups in total. The first-order chi connectivity index (χ1) is 13.6. The molecule has 1 aliphatic carbocycles. The van der Waals surface area contributed by atoms with E-state index in [0.29, 0.717) is 12.2 Å². The largest absolute Gasteiger partial charge is 0.451 e. The molecule has 2 aliphatic rings. The zero-order chi connectivity index (χ0) is 19.9. The summed E-state index contributed by atoms with van der Waals surface area (Å²) in [6.45, 7) is 2.27. The molecule has 1 fully saturated rings. The van der Waals surface area contributed by atoms with Crippen molar-refractivity contribution in [3.63, 3.8) is 0 Å². The Balaban J connectivity index is 1.60. The van der Waals surface area contributed by atoms with Gasteiger partial charge in [-0.05, 0) is 31.9 Å². The summed E-state index contributed by atoms with van der Waals surface area (Å²) < 4.78 is 5.24. The molecule has 0 bridgehead atoms. The molecule has 1 saturated carbocycles. The fourth-order valence-electron chi connectivity index (χ4n) is 3.80. The highest BCUT2D eigenvalue weighted by Gasteiger charge is 2.28. The van der Waals surface area contributed by atoms with E-state index in [1.165, 1.54) is 11.4 Å². The monoisotopic (exact) mass is 385 g/mol. The van der Waals surface area contributed by atoms with Gasteiger partial charge in [-0.25, -0.2) is 9.80 Å². The molecule has 7 heteroatoms. The van der Waals surface area contributed by atoms with Crippen molar-refractivity contribution < 1.29 is 19.1 Å². The molecular formula is C21H27N3O4. The minimum atomic E-state index is -0.638. The van der Waals surface area contributed by atoms with Gasteiger partial charge in [0.2, 0.25) is 5.91 Å².